The highest BCUT2D eigenvalue weighted by Crippen LogP contribution is 2.45. The van der Waals surface area contributed by atoms with E-state index >= 15 is 0 Å². The smallest absolute Gasteiger partial charge is 0.274 e. The van der Waals surface area contributed by atoms with Crippen LogP contribution < -0.4 is 10.0 Å². The van der Waals surface area contributed by atoms with Gasteiger partial charge >= 0.3 is 0 Å². The number of hydrogen-bond acceptors (Lipinski definition) is 4. The molecule has 2 N–H and O–H groups in total. The molecule has 0 unspecified atom stereocenters. The fourth-order valence-electron chi connectivity index (χ4n) is 2.50. The second-order valence-electron chi connectivity index (χ2n) is 5.57. The number of furan rings is 1. The van der Waals surface area contributed by atoms with Crippen LogP contribution in [0.25, 0.3) is 0 Å². The minimum absolute atomic E-state index is 0.0315. The van der Waals surface area contributed by atoms with Gasteiger partial charge in [0, 0.05) is 6.04 Å². The van der Waals surface area contributed by atoms with Gasteiger partial charge in [0.05, 0.1) is 6.54 Å². The summed E-state index contributed by atoms with van der Waals surface area (Å²) in [5.41, 5.74) is 0. The van der Waals surface area contributed by atoms with E-state index in [0.717, 1.165) is 25.7 Å². The molecule has 6 heteroatoms. The van der Waals surface area contributed by atoms with Crippen LogP contribution in [0.5, 0.6) is 0 Å². The van der Waals surface area contributed by atoms with Crippen molar-refractivity contribution in [3.8, 4) is 0 Å². The summed E-state index contributed by atoms with van der Waals surface area (Å²) >= 11 is 0. The normalized spacial score (nSPS) is 20.1. The Labute approximate surface area is 113 Å². The van der Waals surface area contributed by atoms with Gasteiger partial charge in [-0.25, -0.2) is 13.1 Å². The van der Waals surface area contributed by atoms with Crippen LogP contribution >= 0.6 is 0 Å². The van der Waals surface area contributed by atoms with Gasteiger partial charge in [-0.2, -0.15) is 0 Å². The lowest BCUT2D eigenvalue weighted by molar-refractivity contribution is 0.396. The van der Waals surface area contributed by atoms with Crippen molar-refractivity contribution in [1.29, 1.82) is 0 Å². The van der Waals surface area contributed by atoms with E-state index < -0.39 is 10.0 Å². The maximum Gasteiger partial charge on any atom is 0.274 e. The fourth-order valence-corrected chi connectivity index (χ4v) is 3.82. The molecule has 1 aromatic rings. The first-order chi connectivity index (χ1) is 9.10. The van der Waals surface area contributed by atoms with Crippen LogP contribution in [0.15, 0.2) is 21.6 Å². The first-order valence-electron chi connectivity index (χ1n) is 6.86. The van der Waals surface area contributed by atoms with Crippen molar-refractivity contribution in [2.24, 2.45) is 11.8 Å². The third kappa shape index (κ3) is 3.01. The van der Waals surface area contributed by atoms with Crippen LogP contribution in [0.1, 0.15) is 31.4 Å². The third-order valence-corrected chi connectivity index (χ3v) is 5.14. The Morgan fingerprint density at radius 1 is 1.26 bits per heavy atom. The molecule has 1 heterocycles. The molecule has 0 radical (unpaired) electrons. The third-order valence-electron chi connectivity index (χ3n) is 3.80. The Morgan fingerprint density at radius 2 is 1.89 bits per heavy atom. The van der Waals surface area contributed by atoms with Gasteiger partial charge in [0.1, 0.15) is 5.76 Å². The molecule has 0 amide bonds. The lowest BCUT2D eigenvalue weighted by Gasteiger charge is -2.16. The van der Waals surface area contributed by atoms with Crippen molar-refractivity contribution in [3.05, 3.63) is 17.9 Å². The van der Waals surface area contributed by atoms with Crippen LogP contribution in [-0.4, -0.2) is 21.5 Å². The molecule has 3 rings (SSSR count). The van der Waals surface area contributed by atoms with E-state index in [-0.39, 0.29) is 11.1 Å². The first kappa shape index (κ1) is 13.1. The second kappa shape index (κ2) is 4.92. The Morgan fingerprint density at radius 3 is 2.42 bits per heavy atom. The quantitative estimate of drug-likeness (QED) is 0.795. The summed E-state index contributed by atoms with van der Waals surface area (Å²) in [7, 11) is -1.71. The lowest BCUT2D eigenvalue weighted by Crippen LogP contribution is -2.37. The summed E-state index contributed by atoms with van der Waals surface area (Å²) in [5, 5.41) is 2.97. The van der Waals surface area contributed by atoms with E-state index in [9.17, 15) is 8.42 Å². The zero-order valence-electron chi connectivity index (χ0n) is 11.1. The standard InChI is InChI=1S/C13H20N2O3S/c1-14-8-11-6-7-12(18-11)19(16,17)15-13(9-2-3-9)10-4-5-10/h6-7,9-10,13-15H,2-5,8H2,1H3. The average molecular weight is 284 g/mol. The molecule has 0 saturated heterocycles. The van der Waals surface area contributed by atoms with Crippen LogP contribution in [-0.2, 0) is 16.6 Å². The van der Waals surface area contributed by atoms with E-state index in [4.69, 9.17) is 4.42 Å². The molecule has 2 aliphatic carbocycles. The Hall–Kier alpha value is -0.850. The minimum Gasteiger partial charge on any atom is -0.447 e. The summed E-state index contributed by atoms with van der Waals surface area (Å²) in [6, 6.07) is 3.35. The predicted molar refractivity (Wildman–Crippen MR) is 71.0 cm³/mol. The highest BCUT2D eigenvalue weighted by atomic mass is 32.2. The van der Waals surface area contributed by atoms with Crippen molar-refractivity contribution in [2.75, 3.05) is 7.05 Å². The van der Waals surface area contributed by atoms with Crippen LogP contribution in [0.2, 0.25) is 0 Å². The van der Waals surface area contributed by atoms with Gasteiger partial charge in [-0.3, -0.25) is 0 Å². The topological polar surface area (TPSA) is 71.3 Å². The molecule has 0 aliphatic heterocycles. The molecule has 106 valence electrons. The summed E-state index contributed by atoms with van der Waals surface area (Å²) in [6.45, 7) is 0.532. The van der Waals surface area contributed by atoms with Gasteiger partial charge in [0.25, 0.3) is 10.0 Å². The molecule has 0 aromatic carbocycles. The van der Waals surface area contributed by atoms with E-state index in [1.165, 1.54) is 6.07 Å². The molecule has 2 fully saturated rings. The van der Waals surface area contributed by atoms with Crippen molar-refractivity contribution < 1.29 is 12.8 Å². The van der Waals surface area contributed by atoms with Gasteiger partial charge in [-0.15, -0.1) is 0 Å². The molecular weight excluding hydrogens is 264 g/mol. The zero-order chi connectivity index (χ0) is 13.5. The molecule has 0 spiro atoms. The molecular formula is C13H20N2O3S. The van der Waals surface area contributed by atoms with E-state index in [2.05, 4.69) is 10.0 Å². The minimum atomic E-state index is -3.51. The van der Waals surface area contributed by atoms with Crippen LogP contribution in [0.3, 0.4) is 0 Å². The largest absolute Gasteiger partial charge is 0.447 e. The van der Waals surface area contributed by atoms with Crippen molar-refractivity contribution in [1.82, 2.24) is 10.0 Å². The monoisotopic (exact) mass is 284 g/mol. The molecule has 19 heavy (non-hydrogen) atoms. The van der Waals surface area contributed by atoms with Gasteiger partial charge in [-0.05, 0) is 56.7 Å². The maximum atomic E-state index is 12.3. The van der Waals surface area contributed by atoms with Gasteiger partial charge in [0.15, 0.2) is 0 Å². The van der Waals surface area contributed by atoms with Crippen molar-refractivity contribution >= 4 is 10.0 Å². The SMILES string of the molecule is CNCc1ccc(S(=O)(=O)NC(C2CC2)C2CC2)o1. The molecule has 2 aliphatic rings. The maximum absolute atomic E-state index is 12.3. The summed E-state index contributed by atoms with van der Waals surface area (Å²) in [4.78, 5) is 0. The summed E-state index contributed by atoms with van der Waals surface area (Å²) in [6.07, 6.45) is 4.58. The second-order valence-corrected chi connectivity index (χ2v) is 7.22. The average Bonchev–Trinajstić information content (AvgIpc) is 3.27. The van der Waals surface area contributed by atoms with Crippen LogP contribution in [0.4, 0.5) is 0 Å². The fraction of sp³-hybridized carbons (Fsp3) is 0.692. The lowest BCUT2D eigenvalue weighted by atomic mass is 10.1. The Kier molecular flexibility index (Phi) is 3.41. The summed E-state index contributed by atoms with van der Waals surface area (Å²) in [5.74, 6) is 1.71. The highest BCUT2D eigenvalue weighted by molar-refractivity contribution is 7.89. The van der Waals surface area contributed by atoms with Crippen LogP contribution in [0, 0.1) is 11.8 Å². The van der Waals surface area contributed by atoms with E-state index in [0.29, 0.717) is 24.1 Å². The van der Waals surface area contributed by atoms with Gasteiger partial charge < -0.3 is 9.73 Å². The molecule has 1 aromatic heterocycles. The molecule has 0 bridgehead atoms. The number of sulfonamides is 1. The highest BCUT2D eigenvalue weighted by Gasteiger charge is 2.43. The molecule has 0 atom stereocenters. The predicted octanol–water partition coefficient (Wildman–Crippen LogP) is 1.47. The number of nitrogens with one attached hydrogen (secondary N) is 2. The van der Waals surface area contributed by atoms with Crippen molar-refractivity contribution in [2.45, 2.75) is 43.4 Å². The number of rotatable bonds is 7. The Bertz CT molecular complexity index is 532. The first-order valence-corrected chi connectivity index (χ1v) is 8.34. The van der Waals surface area contributed by atoms with E-state index in [1.54, 1.807) is 13.1 Å². The number of hydrogen-bond donors (Lipinski definition) is 2. The van der Waals surface area contributed by atoms with Crippen molar-refractivity contribution in [3.63, 3.8) is 0 Å². The Balaban J connectivity index is 1.73. The molecule has 2 saturated carbocycles. The van der Waals surface area contributed by atoms with E-state index in [1.807, 2.05) is 0 Å². The zero-order valence-corrected chi connectivity index (χ0v) is 11.9. The summed E-state index contributed by atoms with van der Waals surface area (Å²) < 4.78 is 32.8. The van der Waals surface area contributed by atoms with Gasteiger partial charge in [0.2, 0.25) is 5.09 Å². The molecule has 5 nitrogen and oxygen atoms in total. The van der Waals surface area contributed by atoms with Gasteiger partial charge in [-0.1, -0.05) is 0 Å².